The minimum Gasteiger partial charge on any atom is -0.497 e. The van der Waals surface area contributed by atoms with Gasteiger partial charge in [0.25, 0.3) is 0 Å². The molecule has 19 heavy (non-hydrogen) atoms. The summed E-state index contributed by atoms with van der Waals surface area (Å²) in [7, 11) is 1.55. The van der Waals surface area contributed by atoms with Gasteiger partial charge in [0.05, 0.1) is 18.7 Å². The zero-order valence-electron chi connectivity index (χ0n) is 10.7. The maximum atomic E-state index is 11.6. The number of rotatable bonds is 3. The van der Waals surface area contributed by atoms with Gasteiger partial charge in [-0.05, 0) is 24.6 Å². The lowest BCUT2D eigenvalue weighted by Crippen LogP contribution is -2.46. The molecule has 1 heterocycles. The zero-order chi connectivity index (χ0) is 14.0. The molecule has 100 valence electrons. The molecule has 0 bridgehead atoms. The number of allylic oxidation sites excluding steroid dienone is 1. The first-order valence-corrected chi connectivity index (χ1v) is 5.75. The van der Waals surface area contributed by atoms with Crippen molar-refractivity contribution in [1.82, 2.24) is 10.6 Å². The molecular formula is C13H15N3O3. The summed E-state index contributed by atoms with van der Waals surface area (Å²) in [5.41, 5.74) is 6.92. The van der Waals surface area contributed by atoms with Crippen LogP contribution in [0.5, 0.6) is 5.75 Å². The van der Waals surface area contributed by atoms with Gasteiger partial charge in [0.1, 0.15) is 5.75 Å². The predicted octanol–water partition coefficient (Wildman–Crippen LogP) is 0.808. The number of benzene rings is 1. The lowest BCUT2D eigenvalue weighted by molar-refractivity contribution is -0.115. The maximum absolute atomic E-state index is 11.6. The number of methoxy groups -OCH3 is 1. The minimum absolute atomic E-state index is 0.341. The van der Waals surface area contributed by atoms with Crippen molar-refractivity contribution in [3.05, 3.63) is 41.1 Å². The molecule has 0 aromatic heterocycles. The number of nitrogens with one attached hydrogen (secondary N) is 2. The Labute approximate surface area is 110 Å². The van der Waals surface area contributed by atoms with Crippen molar-refractivity contribution < 1.29 is 14.3 Å². The molecule has 1 aromatic carbocycles. The summed E-state index contributed by atoms with van der Waals surface area (Å²) in [5.74, 6) is 0.0737. The molecule has 0 saturated heterocycles. The molecule has 1 aliphatic rings. The Morgan fingerprint density at radius 1 is 1.42 bits per heavy atom. The van der Waals surface area contributed by atoms with E-state index < -0.39 is 11.9 Å². The number of nitrogens with two attached hydrogens (primary N) is 1. The highest BCUT2D eigenvalue weighted by Gasteiger charge is 2.29. The van der Waals surface area contributed by atoms with Crippen LogP contribution in [0.2, 0.25) is 0 Å². The summed E-state index contributed by atoms with van der Waals surface area (Å²) in [4.78, 5) is 23.1. The van der Waals surface area contributed by atoms with Crippen LogP contribution in [0.25, 0.3) is 0 Å². The van der Waals surface area contributed by atoms with Crippen molar-refractivity contribution in [2.75, 3.05) is 7.11 Å². The second-order valence-corrected chi connectivity index (χ2v) is 4.21. The average Bonchev–Trinajstić information content (AvgIpc) is 2.37. The van der Waals surface area contributed by atoms with Crippen LogP contribution in [-0.4, -0.2) is 19.0 Å². The van der Waals surface area contributed by atoms with Crippen LogP contribution < -0.4 is 21.1 Å². The van der Waals surface area contributed by atoms with Crippen LogP contribution in [0, 0.1) is 0 Å². The Hall–Kier alpha value is -2.50. The lowest BCUT2D eigenvalue weighted by atomic mass is 9.95. The van der Waals surface area contributed by atoms with Crippen LogP contribution in [0.1, 0.15) is 18.5 Å². The van der Waals surface area contributed by atoms with Gasteiger partial charge < -0.3 is 21.1 Å². The number of carbonyl (C=O) groups excluding carboxylic acids is 2. The van der Waals surface area contributed by atoms with Gasteiger partial charge in [-0.3, -0.25) is 4.79 Å². The molecule has 0 aliphatic carbocycles. The van der Waals surface area contributed by atoms with E-state index in [9.17, 15) is 9.59 Å². The summed E-state index contributed by atoms with van der Waals surface area (Å²) in [6.07, 6.45) is 0. The molecule has 0 spiro atoms. The third-order valence-electron chi connectivity index (χ3n) is 2.96. The second kappa shape index (κ2) is 5.01. The number of ether oxygens (including phenoxy) is 1. The van der Waals surface area contributed by atoms with Crippen LogP contribution in [-0.2, 0) is 4.79 Å². The highest BCUT2D eigenvalue weighted by Crippen LogP contribution is 2.28. The Bertz CT molecular complexity index is 566. The van der Waals surface area contributed by atoms with E-state index in [1.165, 1.54) is 0 Å². The van der Waals surface area contributed by atoms with E-state index in [4.69, 9.17) is 10.5 Å². The van der Waals surface area contributed by atoms with Crippen molar-refractivity contribution in [2.24, 2.45) is 5.73 Å². The van der Waals surface area contributed by atoms with E-state index in [1.807, 2.05) is 0 Å². The normalized spacial score (nSPS) is 18.6. The third kappa shape index (κ3) is 2.52. The summed E-state index contributed by atoms with van der Waals surface area (Å²) in [5, 5.41) is 5.22. The number of amides is 3. The molecule has 6 nitrogen and oxygen atoms in total. The topological polar surface area (TPSA) is 93.4 Å². The summed E-state index contributed by atoms with van der Waals surface area (Å²) in [6.45, 7) is 1.64. The molecule has 1 aliphatic heterocycles. The van der Waals surface area contributed by atoms with Crippen LogP contribution in [0.4, 0.5) is 4.79 Å². The molecule has 2 rings (SSSR count). The van der Waals surface area contributed by atoms with Gasteiger partial charge in [0, 0.05) is 5.70 Å². The average molecular weight is 261 g/mol. The van der Waals surface area contributed by atoms with Gasteiger partial charge in [0.2, 0.25) is 5.91 Å². The van der Waals surface area contributed by atoms with Gasteiger partial charge in [-0.15, -0.1) is 0 Å². The van der Waals surface area contributed by atoms with Crippen molar-refractivity contribution in [1.29, 1.82) is 0 Å². The number of hydrogen-bond donors (Lipinski definition) is 3. The Morgan fingerprint density at radius 2 is 2.16 bits per heavy atom. The number of hydrogen-bond acceptors (Lipinski definition) is 3. The first-order chi connectivity index (χ1) is 9.02. The van der Waals surface area contributed by atoms with Gasteiger partial charge in [-0.25, -0.2) is 4.79 Å². The molecule has 1 atom stereocenters. The fraction of sp³-hybridized carbons (Fsp3) is 0.231. The van der Waals surface area contributed by atoms with Crippen molar-refractivity contribution in [2.45, 2.75) is 13.0 Å². The largest absolute Gasteiger partial charge is 0.497 e. The highest BCUT2D eigenvalue weighted by atomic mass is 16.5. The standard InChI is InChI=1S/C13H15N3O3/c1-7-10(12(14)17)11(16-13(18)15-7)8-4-3-5-9(6-8)19-2/h3-6,11H,1-2H3,(H2,14,17)(H2,15,16,18)/t11-/m0/s1. The molecular weight excluding hydrogens is 246 g/mol. The molecule has 4 N–H and O–H groups in total. The van der Waals surface area contributed by atoms with E-state index >= 15 is 0 Å². The van der Waals surface area contributed by atoms with Crippen molar-refractivity contribution in [3.63, 3.8) is 0 Å². The number of urea groups is 1. The van der Waals surface area contributed by atoms with E-state index in [2.05, 4.69) is 10.6 Å². The minimum atomic E-state index is -0.571. The Kier molecular flexibility index (Phi) is 3.41. The lowest BCUT2D eigenvalue weighted by Gasteiger charge is -2.27. The molecule has 0 unspecified atom stereocenters. The zero-order valence-corrected chi connectivity index (χ0v) is 10.7. The van der Waals surface area contributed by atoms with Crippen LogP contribution >= 0.6 is 0 Å². The van der Waals surface area contributed by atoms with Crippen molar-refractivity contribution >= 4 is 11.9 Å². The molecule has 1 aromatic rings. The molecule has 0 radical (unpaired) electrons. The Morgan fingerprint density at radius 3 is 2.79 bits per heavy atom. The quantitative estimate of drug-likeness (QED) is 0.751. The van der Waals surface area contributed by atoms with Gasteiger partial charge in [-0.2, -0.15) is 0 Å². The van der Waals surface area contributed by atoms with E-state index in [0.29, 0.717) is 17.0 Å². The van der Waals surface area contributed by atoms with Crippen molar-refractivity contribution in [3.8, 4) is 5.75 Å². The molecule has 0 saturated carbocycles. The fourth-order valence-corrected chi connectivity index (χ4v) is 2.09. The van der Waals surface area contributed by atoms with E-state index in [0.717, 1.165) is 5.56 Å². The summed E-state index contributed by atoms with van der Waals surface area (Å²) >= 11 is 0. The summed E-state index contributed by atoms with van der Waals surface area (Å²) < 4.78 is 5.13. The number of primary amides is 1. The SMILES string of the molecule is COc1cccc([C@@H]2NC(=O)NC(C)=C2C(N)=O)c1. The first-order valence-electron chi connectivity index (χ1n) is 5.75. The highest BCUT2D eigenvalue weighted by molar-refractivity contribution is 5.97. The smallest absolute Gasteiger partial charge is 0.319 e. The fourth-order valence-electron chi connectivity index (χ4n) is 2.09. The predicted molar refractivity (Wildman–Crippen MR) is 69.3 cm³/mol. The van der Waals surface area contributed by atoms with Crippen LogP contribution in [0.3, 0.4) is 0 Å². The second-order valence-electron chi connectivity index (χ2n) is 4.21. The first kappa shape index (κ1) is 12.9. The maximum Gasteiger partial charge on any atom is 0.319 e. The van der Waals surface area contributed by atoms with Crippen LogP contribution in [0.15, 0.2) is 35.5 Å². The van der Waals surface area contributed by atoms with E-state index in [1.54, 1.807) is 38.3 Å². The van der Waals surface area contributed by atoms with E-state index in [-0.39, 0.29) is 6.03 Å². The van der Waals surface area contributed by atoms with Gasteiger partial charge in [-0.1, -0.05) is 12.1 Å². The number of carbonyl (C=O) groups is 2. The molecule has 3 amide bonds. The molecule has 6 heteroatoms. The third-order valence-corrected chi connectivity index (χ3v) is 2.96. The monoisotopic (exact) mass is 261 g/mol. The molecule has 0 fully saturated rings. The van der Waals surface area contributed by atoms with Gasteiger partial charge in [0.15, 0.2) is 0 Å². The Balaban J connectivity index is 2.48. The summed E-state index contributed by atoms with van der Waals surface area (Å²) in [6, 6.07) is 6.20. The van der Waals surface area contributed by atoms with Gasteiger partial charge >= 0.3 is 6.03 Å².